The molecule has 2 N–H and O–H groups in total. The van der Waals surface area contributed by atoms with Crippen LogP contribution in [0.5, 0.6) is 11.5 Å². The molecular weight excluding hydrogens is 274 g/mol. The average molecular weight is 291 g/mol. The lowest BCUT2D eigenvalue weighted by molar-refractivity contribution is 0.318. The predicted molar refractivity (Wildman–Crippen MR) is 82.1 cm³/mol. The highest BCUT2D eigenvalue weighted by Gasteiger charge is 2.03. The van der Waals surface area contributed by atoms with Gasteiger partial charge in [0.15, 0.2) is 11.5 Å². The molecule has 0 radical (unpaired) electrons. The number of aryl methyl sites for hydroxylation is 2. The lowest BCUT2D eigenvalue weighted by Crippen LogP contribution is -1.94. The minimum absolute atomic E-state index is 0.128. The van der Waals surface area contributed by atoms with Crippen LogP contribution < -0.4 is 10.2 Å². The molecule has 1 aromatic heterocycles. The van der Waals surface area contributed by atoms with Gasteiger partial charge in [0.25, 0.3) is 0 Å². The van der Waals surface area contributed by atoms with Crippen LogP contribution in [0.25, 0.3) is 0 Å². The minimum atomic E-state index is 0.128. The summed E-state index contributed by atoms with van der Waals surface area (Å²) in [5.41, 5.74) is 4.74. The molecule has 0 unspecified atom stereocenters. The van der Waals surface area contributed by atoms with Crippen molar-refractivity contribution in [3.8, 4) is 11.5 Å². The van der Waals surface area contributed by atoms with Gasteiger partial charge in [-0.05, 0) is 44.5 Å². The van der Waals surface area contributed by atoms with Crippen molar-refractivity contribution in [2.24, 2.45) is 5.10 Å². The molecule has 0 bridgehead atoms. The Balaban J connectivity index is 2.05. The molecule has 0 aliphatic heterocycles. The van der Waals surface area contributed by atoms with Crippen molar-refractivity contribution in [3.05, 3.63) is 34.3 Å². The summed E-state index contributed by atoms with van der Waals surface area (Å²) < 4.78 is 5.32. The number of nitrogens with zero attached hydrogens (tertiary/aromatic N) is 2. The summed E-state index contributed by atoms with van der Waals surface area (Å²) in [7, 11) is 0. The molecule has 0 saturated heterocycles. The summed E-state index contributed by atoms with van der Waals surface area (Å²) in [6.07, 6.45) is 1.66. The first-order chi connectivity index (χ1) is 9.60. The second kappa shape index (κ2) is 6.38. The van der Waals surface area contributed by atoms with Crippen molar-refractivity contribution in [2.75, 3.05) is 12.0 Å². The Morgan fingerprint density at radius 1 is 1.45 bits per heavy atom. The van der Waals surface area contributed by atoms with E-state index in [1.165, 1.54) is 4.88 Å². The third-order valence-corrected chi connectivity index (χ3v) is 3.66. The molecular formula is C14H17N3O2S. The van der Waals surface area contributed by atoms with Crippen molar-refractivity contribution >= 4 is 22.7 Å². The van der Waals surface area contributed by atoms with Gasteiger partial charge in [0.05, 0.1) is 18.5 Å². The zero-order chi connectivity index (χ0) is 14.5. The molecule has 0 fully saturated rings. The van der Waals surface area contributed by atoms with Crippen molar-refractivity contribution in [1.82, 2.24) is 4.98 Å². The Kier molecular flexibility index (Phi) is 4.57. The van der Waals surface area contributed by atoms with Gasteiger partial charge in [-0.3, -0.25) is 5.43 Å². The second-order valence-corrected chi connectivity index (χ2v) is 5.39. The number of rotatable bonds is 5. The molecule has 2 rings (SSSR count). The predicted octanol–water partition coefficient (Wildman–Crippen LogP) is 3.31. The normalized spacial score (nSPS) is 10.9. The number of phenols is 1. The van der Waals surface area contributed by atoms with Crippen LogP contribution in [0.4, 0.5) is 5.13 Å². The summed E-state index contributed by atoms with van der Waals surface area (Å²) in [6.45, 7) is 6.37. The van der Waals surface area contributed by atoms with Crippen LogP contribution >= 0.6 is 11.3 Å². The van der Waals surface area contributed by atoms with Gasteiger partial charge in [-0.25, -0.2) is 4.98 Å². The van der Waals surface area contributed by atoms with E-state index < -0.39 is 0 Å². The van der Waals surface area contributed by atoms with Crippen LogP contribution in [0.1, 0.15) is 23.1 Å². The highest BCUT2D eigenvalue weighted by Crippen LogP contribution is 2.26. The quantitative estimate of drug-likeness (QED) is 0.655. The second-order valence-electron chi connectivity index (χ2n) is 4.19. The minimum Gasteiger partial charge on any atom is -0.504 e. The van der Waals surface area contributed by atoms with E-state index in [0.29, 0.717) is 12.4 Å². The average Bonchev–Trinajstić information content (AvgIpc) is 2.73. The summed E-state index contributed by atoms with van der Waals surface area (Å²) in [5, 5.41) is 14.5. The van der Waals surface area contributed by atoms with Crippen LogP contribution in [0.2, 0.25) is 0 Å². The van der Waals surface area contributed by atoms with Gasteiger partial charge >= 0.3 is 0 Å². The Labute approximate surface area is 121 Å². The number of phenolic OH excluding ortho intramolecular Hbond substituents is 1. The highest BCUT2D eigenvalue weighted by atomic mass is 32.1. The number of benzene rings is 1. The Morgan fingerprint density at radius 2 is 2.25 bits per heavy atom. The molecule has 20 heavy (non-hydrogen) atoms. The van der Waals surface area contributed by atoms with Crippen molar-refractivity contribution in [3.63, 3.8) is 0 Å². The molecule has 0 amide bonds. The first-order valence-corrected chi connectivity index (χ1v) is 7.10. The van der Waals surface area contributed by atoms with E-state index in [9.17, 15) is 5.11 Å². The van der Waals surface area contributed by atoms with Crippen LogP contribution in [-0.2, 0) is 0 Å². The van der Waals surface area contributed by atoms with E-state index in [-0.39, 0.29) is 5.75 Å². The lowest BCUT2D eigenvalue weighted by Gasteiger charge is -2.05. The first-order valence-electron chi connectivity index (χ1n) is 6.29. The fourth-order valence-electron chi connectivity index (χ4n) is 1.56. The number of nitrogens with one attached hydrogen (secondary N) is 1. The number of hydrogen-bond donors (Lipinski definition) is 2. The third kappa shape index (κ3) is 3.48. The summed E-state index contributed by atoms with van der Waals surface area (Å²) >= 11 is 1.56. The van der Waals surface area contributed by atoms with Crippen LogP contribution in [0.15, 0.2) is 23.3 Å². The number of hydrazone groups is 1. The van der Waals surface area contributed by atoms with E-state index in [1.54, 1.807) is 35.8 Å². The largest absolute Gasteiger partial charge is 0.504 e. The van der Waals surface area contributed by atoms with E-state index in [4.69, 9.17) is 4.74 Å². The molecule has 0 atom stereocenters. The molecule has 0 aliphatic carbocycles. The smallest absolute Gasteiger partial charge is 0.203 e. The number of anilines is 1. The van der Waals surface area contributed by atoms with E-state index >= 15 is 0 Å². The highest BCUT2D eigenvalue weighted by molar-refractivity contribution is 7.15. The topological polar surface area (TPSA) is 66.7 Å². The summed E-state index contributed by atoms with van der Waals surface area (Å²) in [5.74, 6) is 0.584. The summed E-state index contributed by atoms with van der Waals surface area (Å²) in [4.78, 5) is 5.50. The summed E-state index contributed by atoms with van der Waals surface area (Å²) in [6, 6.07) is 5.09. The number of aromatic nitrogens is 1. The van der Waals surface area contributed by atoms with Crippen molar-refractivity contribution in [1.29, 1.82) is 0 Å². The van der Waals surface area contributed by atoms with Crippen LogP contribution in [0.3, 0.4) is 0 Å². The van der Waals surface area contributed by atoms with Gasteiger partial charge in [-0.1, -0.05) is 0 Å². The molecule has 1 heterocycles. The molecule has 106 valence electrons. The molecule has 0 aliphatic rings. The fourth-order valence-corrected chi connectivity index (χ4v) is 2.33. The van der Waals surface area contributed by atoms with Crippen molar-refractivity contribution < 1.29 is 9.84 Å². The zero-order valence-electron chi connectivity index (χ0n) is 11.7. The Hall–Kier alpha value is -2.08. The maximum atomic E-state index is 9.61. The molecule has 5 nitrogen and oxygen atoms in total. The fraction of sp³-hybridized carbons (Fsp3) is 0.286. The van der Waals surface area contributed by atoms with Crippen LogP contribution in [0, 0.1) is 13.8 Å². The number of aromatic hydroxyl groups is 1. The zero-order valence-corrected chi connectivity index (χ0v) is 12.5. The van der Waals surface area contributed by atoms with Gasteiger partial charge in [-0.15, -0.1) is 11.3 Å². The third-order valence-electron chi connectivity index (χ3n) is 2.69. The van der Waals surface area contributed by atoms with Gasteiger partial charge < -0.3 is 9.84 Å². The maximum Gasteiger partial charge on any atom is 0.203 e. The SMILES string of the molecule is CCOc1cc(C=NNc2nc(C)c(C)s2)ccc1O. The lowest BCUT2D eigenvalue weighted by atomic mass is 10.2. The Morgan fingerprint density at radius 3 is 2.90 bits per heavy atom. The number of hydrogen-bond acceptors (Lipinski definition) is 6. The van der Waals surface area contributed by atoms with Gasteiger partial charge in [0, 0.05) is 4.88 Å². The maximum absolute atomic E-state index is 9.61. The van der Waals surface area contributed by atoms with E-state index in [1.807, 2.05) is 20.8 Å². The molecule has 0 spiro atoms. The van der Waals surface area contributed by atoms with Gasteiger partial charge in [0.2, 0.25) is 5.13 Å². The molecule has 6 heteroatoms. The number of ether oxygens (including phenoxy) is 1. The first kappa shape index (κ1) is 14.3. The number of thiazole rings is 1. The molecule has 0 saturated carbocycles. The molecule has 2 aromatic rings. The molecule has 1 aromatic carbocycles. The van der Waals surface area contributed by atoms with E-state index in [2.05, 4.69) is 15.5 Å². The standard InChI is InChI=1S/C14H17N3O2S/c1-4-19-13-7-11(5-6-12(13)18)8-15-17-14-16-9(2)10(3)20-14/h5-8,18H,4H2,1-3H3,(H,16,17). The van der Waals surface area contributed by atoms with E-state index in [0.717, 1.165) is 16.4 Å². The Bertz CT molecular complexity index is 603. The monoisotopic (exact) mass is 291 g/mol. The van der Waals surface area contributed by atoms with Gasteiger partial charge in [0.1, 0.15) is 0 Å². The van der Waals surface area contributed by atoms with Crippen molar-refractivity contribution in [2.45, 2.75) is 20.8 Å². The van der Waals surface area contributed by atoms with Crippen LogP contribution in [-0.4, -0.2) is 22.9 Å². The van der Waals surface area contributed by atoms with Gasteiger partial charge in [-0.2, -0.15) is 5.10 Å².